The van der Waals surface area contributed by atoms with Crippen molar-refractivity contribution in [1.29, 1.82) is 0 Å². The van der Waals surface area contributed by atoms with Gasteiger partial charge in [-0.3, -0.25) is 4.79 Å². The highest BCUT2D eigenvalue weighted by molar-refractivity contribution is 7.98. The Kier molecular flexibility index (Phi) is 2.71. The number of hydrogen-bond acceptors (Lipinski definition) is 3. The molecule has 15 heavy (non-hydrogen) atoms. The molecule has 1 fully saturated rings. The van der Waals surface area contributed by atoms with Crippen LogP contribution in [-0.4, -0.2) is 12.5 Å². The summed E-state index contributed by atoms with van der Waals surface area (Å²) in [5.74, 6) is -0.102. The molecule has 1 N–H and O–H groups in total. The average Bonchev–Trinajstić information content (AvgIpc) is 2.34. The molecular formula is C11H13NO2S. The van der Waals surface area contributed by atoms with Crippen molar-refractivity contribution in [3.05, 3.63) is 34.9 Å². The Morgan fingerprint density at radius 3 is 3.13 bits per heavy atom. The molecule has 1 amide bonds. The van der Waals surface area contributed by atoms with Gasteiger partial charge in [-0.1, -0.05) is 32.1 Å². The van der Waals surface area contributed by atoms with Crippen LogP contribution in [0.1, 0.15) is 13.8 Å². The molecule has 2 rings (SSSR count). The highest BCUT2D eigenvalue weighted by Gasteiger charge is 2.21. The van der Waals surface area contributed by atoms with Gasteiger partial charge in [-0.25, -0.2) is 0 Å². The van der Waals surface area contributed by atoms with Crippen LogP contribution in [-0.2, 0) is 8.98 Å². The second-order valence-electron chi connectivity index (χ2n) is 4.16. The molecule has 0 unspecified atom stereocenters. The summed E-state index contributed by atoms with van der Waals surface area (Å²) in [7, 11) is 0. The van der Waals surface area contributed by atoms with Crippen molar-refractivity contribution in [2.75, 3.05) is 6.61 Å². The number of rotatable bonds is 0. The van der Waals surface area contributed by atoms with Crippen LogP contribution in [0.3, 0.4) is 0 Å². The number of carbonyl (C=O) groups is 1. The number of fused-ring (bicyclic) bond motifs is 1. The first-order chi connectivity index (χ1) is 7.07. The van der Waals surface area contributed by atoms with Gasteiger partial charge in [-0.2, -0.15) is 0 Å². The smallest absolute Gasteiger partial charge is 0.251 e. The molecule has 3 nitrogen and oxygen atoms in total. The van der Waals surface area contributed by atoms with Gasteiger partial charge in [0.25, 0.3) is 5.91 Å². The summed E-state index contributed by atoms with van der Waals surface area (Å²) in [5, 5.41) is 2.84. The minimum absolute atomic E-state index is 0.0498. The van der Waals surface area contributed by atoms with E-state index in [0.717, 1.165) is 10.6 Å². The molecule has 0 aromatic rings. The zero-order valence-electron chi connectivity index (χ0n) is 8.74. The van der Waals surface area contributed by atoms with Gasteiger partial charge in [-0.05, 0) is 6.08 Å². The first-order valence-electron chi connectivity index (χ1n) is 4.79. The largest absolute Gasteiger partial charge is 0.323 e. The lowest BCUT2D eigenvalue weighted by atomic mass is 9.92. The van der Waals surface area contributed by atoms with Crippen LogP contribution >= 0.6 is 12.0 Å². The fourth-order valence-corrected chi connectivity index (χ4v) is 2.09. The van der Waals surface area contributed by atoms with Crippen molar-refractivity contribution in [2.24, 2.45) is 5.41 Å². The molecule has 0 atom stereocenters. The van der Waals surface area contributed by atoms with Crippen LogP contribution in [0, 0.1) is 5.41 Å². The lowest BCUT2D eigenvalue weighted by molar-refractivity contribution is -0.121. The first kappa shape index (κ1) is 10.5. The summed E-state index contributed by atoms with van der Waals surface area (Å²) >= 11 is 1.24. The van der Waals surface area contributed by atoms with E-state index in [1.165, 1.54) is 12.0 Å². The predicted octanol–water partition coefficient (Wildman–Crippen LogP) is 2.14. The summed E-state index contributed by atoms with van der Waals surface area (Å²) < 4.78 is 5.16. The maximum Gasteiger partial charge on any atom is 0.251 e. The summed E-state index contributed by atoms with van der Waals surface area (Å²) in [5.41, 5.74) is 0.795. The van der Waals surface area contributed by atoms with E-state index in [4.69, 9.17) is 4.18 Å². The summed E-state index contributed by atoms with van der Waals surface area (Å²) in [6.45, 7) is 4.29. The average molecular weight is 223 g/mol. The molecule has 0 saturated carbocycles. The molecule has 1 aliphatic carbocycles. The van der Waals surface area contributed by atoms with Crippen molar-refractivity contribution in [3.63, 3.8) is 0 Å². The highest BCUT2D eigenvalue weighted by Crippen LogP contribution is 2.32. The molecule has 1 heterocycles. The number of allylic oxidation sites excluding steroid dienone is 4. The molecule has 0 aromatic heterocycles. The van der Waals surface area contributed by atoms with Crippen LogP contribution in [0.2, 0.25) is 0 Å². The zero-order chi connectivity index (χ0) is 10.9. The number of carbonyl (C=O) groups excluding carboxylic acids is 1. The van der Waals surface area contributed by atoms with Crippen molar-refractivity contribution < 1.29 is 8.98 Å². The van der Waals surface area contributed by atoms with Crippen LogP contribution in [0.25, 0.3) is 0 Å². The van der Waals surface area contributed by atoms with E-state index >= 15 is 0 Å². The van der Waals surface area contributed by atoms with Crippen molar-refractivity contribution >= 4 is 17.9 Å². The molecule has 0 radical (unpaired) electrons. The predicted molar refractivity (Wildman–Crippen MR) is 60.8 cm³/mol. The van der Waals surface area contributed by atoms with E-state index < -0.39 is 0 Å². The lowest BCUT2D eigenvalue weighted by Gasteiger charge is -2.15. The van der Waals surface area contributed by atoms with E-state index in [1.54, 1.807) is 0 Å². The maximum atomic E-state index is 11.3. The van der Waals surface area contributed by atoms with E-state index in [9.17, 15) is 4.79 Å². The molecule has 0 aromatic carbocycles. The second-order valence-corrected chi connectivity index (χ2v) is 5.01. The number of hydrogen-bond donors (Lipinski definition) is 1. The molecular weight excluding hydrogens is 210 g/mol. The summed E-state index contributed by atoms with van der Waals surface area (Å²) in [6, 6.07) is 0. The Hall–Kier alpha value is -1.00. The third-order valence-corrected chi connectivity index (χ3v) is 2.94. The van der Waals surface area contributed by atoms with Gasteiger partial charge in [0.15, 0.2) is 0 Å². The van der Waals surface area contributed by atoms with Gasteiger partial charge in [0.1, 0.15) is 6.61 Å². The van der Waals surface area contributed by atoms with Gasteiger partial charge >= 0.3 is 0 Å². The zero-order valence-corrected chi connectivity index (χ0v) is 9.56. The molecule has 1 aliphatic heterocycles. The van der Waals surface area contributed by atoms with Gasteiger partial charge in [0.2, 0.25) is 0 Å². The van der Waals surface area contributed by atoms with Gasteiger partial charge in [-0.15, -0.1) is 0 Å². The van der Waals surface area contributed by atoms with Crippen molar-refractivity contribution in [1.82, 2.24) is 5.32 Å². The molecule has 4 heteroatoms. The standard InChI is InChI=1S/C11H13NO2S/c1-11(2)5-3-4-9-8(6-11)12-10(13)7-14-15-9/h3-6H,7H2,1-2H3,(H,12,13). The fourth-order valence-electron chi connectivity index (χ4n) is 1.47. The van der Waals surface area contributed by atoms with E-state index in [0.29, 0.717) is 0 Å². The minimum Gasteiger partial charge on any atom is -0.323 e. The third kappa shape index (κ3) is 2.52. The molecule has 2 aliphatic rings. The Bertz CT molecular complexity index is 380. The fraction of sp³-hybridized carbons (Fsp3) is 0.364. The van der Waals surface area contributed by atoms with Gasteiger partial charge in [0, 0.05) is 17.5 Å². The normalized spacial score (nSPS) is 24.3. The summed E-state index contributed by atoms with van der Waals surface area (Å²) in [6.07, 6.45) is 8.08. The molecule has 80 valence electrons. The van der Waals surface area contributed by atoms with Crippen molar-refractivity contribution in [3.8, 4) is 0 Å². The van der Waals surface area contributed by atoms with Crippen molar-refractivity contribution in [2.45, 2.75) is 13.8 Å². The van der Waals surface area contributed by atoms with Gasteiger partial charge < -0.3 is 9.50 Å². The molecule has 0 bridgehead atoms. The first-order valence-corrected chi connectivity index (χ1v) is 5.53. The Balaban J connectivity index is 2.37. The van der Waals surface area contributed by atoms with Crippen LogP contribution < -0.4 is 5.32 Å². The van der Waals surface area contributed by atoms with Gasteiger partial charge in [0.05, 0.1) is 10.6 Å². The lowest BCUT2D eigenvalue weighted by Crippen LogP contribution is -2.25. The highest BCUT2D eigenvalue weighted by atomic mass is 32.2. The van der Waals surface area contributed by atoms with E-state index in [2.05, 4.69) is 25.2 Å². The SMILES string of the molecule is CC1(C)C=CC=C2SOCC(=O)NC2=C1. The molecule has 1 saturated heterocycles. The maximum absolute atomic E-state index is 11.3. The van der Waals surface area contributed by atoms with Crippen LogP contribution in [0.15, 0.2) is 34.9 Å². The minimum atomic E-state index is -0.102. The monoisotopic (exact) mass is 223 g/mol. The Labute approximate surface area is 93.5 Å². The topological polar surface area (TPSA) is 38.3 Å². The summed E-state index contributed by atoms with van der Waals surface area (Å²) in [4.78, 5) is 12.3. The number of amides is 1. The molecule has 0 spiro atoms. The van der Waals surface area contributed by atoms with E-state index in [1.807, 2.05) is 18.2 Å². The second kappa shape index (κ2) is 3.87. The quantitative estimate of drug-likeness (QED) is 0.639. The van der Waals surface area contributed by atoms with Crippen LogP contribution in [0.4, 0.5) is 0 Å². The Morgan fingerprint density at radius 2 is 2.33 bits per heavy atom. The number of nitrogens with one attached hydrogen (secondary N) is 1. The van der Waals surface area contributed by atoms with E-state index in [-0.39, 0.29) is 17.9 Å². The Morgan fingerprint density at radius 1 is 1.53 bits per heavy atom. The van der Waals surface area contributed by atoms with Crippen LogP contribution in [0.5, 0.6) is 0 Å². The third-order valence-electron chi connectivity index (χ3n) is 2.17.